The Morgan fingerprint density at radius 1 is 1.24 bits per heavy atom. The summed E-state index contributed by atoms with van der Waals surface area (Å²) in [6.45, 7) is 8.47. The van der Waals surface area contributed by atoms with Crippen LogP contribution in [0.25, 0.3) is 0 Å². The van der Waals surface area contributed by atoms with Gasteiger partial charge in [0.2, 0.25) is 0 Å². The Kier molecular flexibility index (Phi) is 6.65. The molecule has 1 aromatic carbocycles. The highest BCUT2D eigenvalue weighted by Crippen LogP contribution is 2.20. The van der Waals surface area contributed by atoms with Gasteiger partial charge in [0.1, 0.15) is 11.4 Å². The van der Waals surface area contributed by atoms with Crippen LogP contribution >= 0.6 is 0 Å². The number of rotatable bonds is 7. The van der Waals surface area contributed by atoms with Crippen molar-refractivity contribution in [2.24, 2.45) is 5.10 Å². The number of aromatic nitrogens is 1. The molecule has 0 spiro atoms. The number of aromatic hydroxyl groups is 1. The average Bonchev–Trinajstić information content (AvgIpc) is 2.65. The number of carbonyl (C=O) groups excluding carboxylic acids is 1. The van der Waals surface area contributed by atoms with Crippen molar-refractivity contribution >= 4 is 11.6 Å². The number of benzene rings is 1. The second-order valence-corrected chi connectivity index (χ2v) is 5.66. The summed E-state index contributed by atoms with van der Waals surface area (Å²) in [5.41, 5.74) is 5.17. The van der Waals surface area contributed by atoms with Gasteiger partial charge in [0, 0.05) is 18.3 Å². The van der Waals surface area contributed by atoms with Gasteiger partial charge in [-0.25, -0.2) is 5.43 Å². The van der Waals surface area contributed by atoms with Crippen LogP contribution in [0.5, 0.6) is 5.75 Å². The summed E-state index contributed by atoms with van der Waals surface area (Å²) < 4.78 is 0. The van der Waals surface area contributed by atoms with Crippen molar-refractivity contribution in [2.75, 3.05) is 13.1 Å². The minimum atomic E-state index is -0.359. The number of phenolic OH excluding ortho intramolecular Hbond substituents is 1. The Labute approximate surface area is 148 Å². The number of amides is 1. The van der Waals surface area contributed by atoms with Crippen LogP contribution in [0, 0.1) is 0 Å². The second-order valence-electron chi connectivity index (χ2n) is 5.66. The molecule has 0 saturated carbocycles. The van der Waals surface area contributed by atoms with Crippen LogP contribution in [-0.4, -0.2) is 39.7 Å². The molecule has 2 aromatic rings. The van der Waals surface area contributed by atoms with Crippen molar-refractivity contribution in [1.82, 2.24) is 15.3 Å². The number of hydrazone groups is 1. The minimum Gasteiger partial charge on any atom is -0.508 e. The van der Waals surface area contributed by atoms with Crippen LogP contribution in [0.1, 0.15) is 42.4 Å². The monoisotopic (exact) mass is 340 g/mol. The number of pyridine rings is 1. The third kappa shape index (κ3) is 5.12. The fourth-order valence-electron chi connectivity index (χ4n) is 2.38. The summed E-state index contributed by atoms with van der Waals surface area (Å²) in [5.74, 6) is -0.0944. The Morgan fingerprint density at radius 2 is 2.00 bits per heavy atom. The van der Waals surface area contributed by atoms with E-state index in [1.54, 1.807) is 36.5 Å². The van der Waals surface area contributed by atoms with E-state index in [9.17, 15) is 9.90 Å². The van der Waals surface area contributed by atoms with Crippen LogP contribution in [0.2, 0.25) is 0 Å². The maximum Gasteiger partial charge on any atom is 0.289 e. The molecule has 132 valence electrons. The molecule has 2 rings (SSSR count). The maximum atomic E-state index is 12.0. The van der Waals surface area contributed by atoms with Crippen molar-refractivity contribution in [3.63, 3.8) is 0 Å². The largest absolute Gasteiger partial charge is 0.508 e. The van der Waals surface area contributed by atoms with Crippen molar-refractivity contribution in [3.8, 4) is 5.75 Å². The van der Waals surface area contributed by atoms with Gasteiger partial charge in [0.15, 0.2) is 0 Å². The highest BCUT2D eigenvalue weighted by atomic mass is 16.3. The molecule has 0 aliphatic carbocycles. The molecule has 0 bridgehead atoms. The highest BCUT2D eigenvalue weighted by Gasteiger charge is 2.09. The molecule has 0 unspecified atom stereocenters. The molecule has 2 N–H and O–H groups in total. The van der Waals surface area contributed by atoms with E-state index >= 15 is 0 Å². The maximum absolute atomic E-state index is 12.0. The van der Waals surface area contributed by atoms with Crippen LogP contribution in [0.4, 0.5) is 0 Å². The third-order valence-electron chi connectivity index (χ3n) is 4.01. The van der Waals surface area contributed by atoms with E-state index in [-0.39, 0.29) is 11.7 Å². The first-order valence-corrected chi connectivity index (χ1v) is 8.35. The Morgan fingerprint density at radius 3 is 2.64 bits per heavy atom. The lowest BCUT2D eigenvalue weighted by molar-refractivity contribution is 0.0950. The Balaban J connectivity index is 2.13. The third-order valence-corrected chi connectivity index (χ3v) is 4.01. The topological polar surface area (TPSA) is 77.8 Å². The zero-order valence-electron chi connectivity index (χ0n) is 14.9. The number of hydrogen-bond acceptors (Lipinski definition) is 5. The van der Waals surface area contributed by atoms with E-state index in [1.807, 2.05) is 13.0 Å². The van der Waals surface area contributed by atoms with Crippen molar-refractivity contribution in [2.45, 2.75) is 27.3 Å². The number of phenols is 1. The fourth-order valence-corrected chi connectivity index (χ4v) is 2.38. The van der Waals surface area contributed by atoms with E-state index in [0.29, 0.717) is 18.0 Å². The summed E-state index contributed by atoms with van der Waals surface area (Å²) >= 11 is 0. The quantitative estimate of drug-likeness (QED) is 0.600. The molecule has 1 heterocycles. The van der Waals surface area contributed by atoms with Crippen LogP contribution in [0.3, 0.4) is 0 Å². The van der Waals surface area contributed by atoms with Crippen molar-refractivity contribution < 1.29 is 9.90 Å². The minimum absolute atomic E-state index is 0.265. The molecule has 6 heteroatoms. The summed E-state index contributed by atoms with van der Waals surface area (Å²) in [7, 11) is 0. The predicted molar refractivity (Wildman–Crippen MR) is 98.6 cm³/mol. The normalized spacial score (nSPS) is 11.6. The van der Waals surface area contributed by atoms with E-state index in [1.165, 1.54) is 0 Å². The van der Waals surface area contributed by atoms with Gasteiger partial charge >= 0.3 is 0 Å². The summed E-state index contributed by atoms with van der Waals surface area (Å²) in [6.07, 6.45) is 1.56. The zero-order chi connectivity index (χ0) is 18.2. The highest BCUT2D eigenvalue weighted by molar-refractivity contribution is 6.00. The lowest BCUT2D eigenvalue weighted by Gasteiger charge is -2.19. The molecule has 6 nitrogen and oxygen atoms in total. The molecule has 0 aliphatic heterocycles. The SMILES string of the molecule is CCN(CC)Cc1cc(/C(C)=N/NC(=O)c2ccccn2)ccc1O. The van der Waals surface area contributed by atoms with Gasteiger partial charge in [-0.05, 0) is 55.9 Å². The Hall–Kier alpha value is -2.73. The number of carbonyl (C=O) groups is 1. The molecule has 0 atom stereocenters. The fraction of sp³-hybridized carbons (Fsp3) is 0.316. The molecular formula is C19H24N4O2. The van der Waals surface area contributed by atoms with Crippen LogP contribution in [0.15, 0.2) is 47.7 Å². The average molecular weight is 340 g/mol. The molecule has 0 radical (unpaired) electrons. The molecule has 1 aromatic heterocycles. The lowest BCUT2D eigenvalue weighted by atomic mass is 10.1. The van der Waals surface area contributed by atoms with Crippen molar-refractivity contribution in [3.05, 3.63) is 59.4 Å². The van der Waals surface area contributed by atoms with Crippen LogP contribution < -0.4 is 5.43 Å². The van der Waals surface area contributed by atoms with Gasteiger partial charge in [-0.2, -0.15) is 5.10 Å². The van der Waals surface area contributed by atoms with E-state index in [4.69, 9.17) is 0 Å². The molecule has 25 heavy (non-hydrogen) atoms. The molecule has 0 saturated heterocycles. The molecule has 0 fully saturated rings. The molecule has 0 aliphatic rings. The van der Waals surface area contributed by atoms with E-state index < -0.39 is 0 Å². The van der Waals surface area contributed by atoms with Crippen LogP contribution in [-0.2, 0) is 6.54 Å². The summed E-state index contributed by atoms with van der Waals surface area (Å²) in [6, 6.07) is 10.5. The first kappa shape index (κ1) is 18.6. The molecule has 1 amide bonds. The van der Waals surface area contributed by atoms with Crippen molar-refractivity contribution in [1.29, 1.82) is 0 Å². The zero-order valence-corrected chi connectivity index (χ0v) is 14.9. The Bertz CT molecular complexity index is 740. The standard InChI is InChI=1S/C19H24N4O2/c1-4-23(5-2)13-16-12-15(9-10-18(16)24)14(3)21-22-19(25)17-8-6-7-11-20-17/h6-12,24H,4-5,13H2,1-3H3,(H,22,25)/b21-14+. The predicted octanol–water partition coefficient (Wildman–Crippen LogP) is 2.78. The van der Waals surface area contributed by atoms with Gasteiger partial charge in [0.25, 0.3) is 5.91 Å². The first-order chi connectivity index (χ1) is 12.0. The number of nitrogens with one attached hydrogen (secondary N) is 1. The smallest absolute Gasteiger partial charge is 0.289 e. The van der Waals surface area contributed by atoms with Gasteiger partial charge in [-0.3, -0.25) is 14.7 Å². The van der Waals surface area contributed by atoms with Gasteiger partial charge in [-0.1, -0.05) is 19.9 Å². The van der Waals surface area contributed by atoms with Gasteiger partial charge in [-0.15, -0.1) is 0 Å². The summed E-state index contributed by atoms with van der Waals surface area (Å²) in [5, 5.41) is 14.2. The van der Waals surface area contributed by atoms with E-state index in [2.05, 4.69) is 34.3 Å². The van der Waals surface area contributed by atoms with E-state index in [0.717, 1.165) is 24.2 Å². The lowest BCUT2D eigenvalue weighted by Crippen LogP contribution is -2.22. The number of nitrogens with zero attached hydrogens (tertiary/aromatic N) is 3. The van der Waals surface area contributed by atoms with Gasteiger partial charge < -0.3 is 5.11 Å². The molecular weight excluding hydrogens is 316 g/mol. The van der Waals surface area contributed by atoms with Gasteiger partial charge in [0.05, 0.1) is 5.71 Å². The first-order valence-electron chi connectivity index (χ1n) is 8.35. The summed E-state index contributed by atoms with van der Waals surface area (Å²) in [4.78, 5) is 18.2. The second kappa shape index (κ2) is 8.94. The number of hydrogen-bond donors (Lipinski definition) is 2.